The number of hydrogen-bond donors (Lipinski definition) is 1. The van der Waals surface area contributed by atoms with Gasteiger partial charge in [-0.3, -0.25) is 9.36 Å². The first-order valence-corrected chi connectivity index (χ1v) is 7.31. The fourth-order valence-electron chi connectivity index (χ4n) is 1.52. The Morgan fingerprint density at radius 3 is 2.89 bits per heavy atom. The lowest BCUT2D eigenvalue weighted by molar-refractivity contribution is -0.128. The first-order chi connectivity index (χ1) is 9.11. The van der Waals surface area contributed by atoms with Crippen molar-refractivity contribution >= 4 is 23.4 Å². The van der Waals surface area contributed by atoms with Crippen LogP contribution in [-0.4, -0.2) is 26.5 Å². The van der Waals surface area contributed by atoms with Crippen molar-refractivity contribution < 1.29 is 9.53 Å². The molecule has 1 saturated heterocycles. The number of carbonyl (C=O) groups is 1. The van der Waals surface area contributed by atoms with Crippen molar-refractivity contribution in [3.05, 3.63) is 22.7 Å². The van der Waals surface area contributed by atoms with Crippen LogP contribution in [0.3, 0.4) is 0 Å². The van der Waals surface area contributed by atoms with Gasteiger partial charge in [0.15, 0.2) is 11.2 Å². The van der Waals surface area contributed by atoms with E-state index in [4.69, 9.17) is 10.5 Å². The van der Waals surface area contributed by atoms with Gasteiger partial charge in [0, 0.05) is 18.4 Å². The zero-order chi connectivity index (χ0) is 14.4. The molecule has 6 nitrogen and oxygen atoms in total. The zero-order valence-corrected chi connectivity index (χ0v) is 12.1. The van der Waals surface area contributed by atoms with Crippen LogP contribution in [0.2, 0.25) is 0 Å². The monoisotopic (exact) mass is 285 g/mol. The lowest BCUT2D eigenvalue weighted by atomic mass is 10.3. The predicted octanol–water partition coefficient (Wildman–Crippen LogP) is 1.42. The van der Waals surface area contributed by atoms with E-state index in [0.717, 1.165) is 0 Å². The Morgan fingerprint density at radius 1 is 1.63 bits per heavy atom. The number of nitrogens with zero attached hydrogens (tertiary/aromatic N) is 2. The summed E-state index contributed by atoms with van der Waals surface area (Å²) in [6.07, 6.45) is 1.52. The molecule has 0 amide bonds. The minimum Gasteiger partial charge on any atom is -0.383 e. The Labute approximate surface area is 116 Å². The van der Waals surface area contributed by atoms with Gasteiger partial charge in [0.05, 0.1) is 0 Å². The standard InChI is InChI=1S/C10H13N3O3S.C2H6/c1-2-6(14)9-16-8(5-17-9)13-4-3-7(11)12-10(13)15;1-2/h3-4,8-9H,2,5H2,1H3,(H2,11,12,15);1-2H3/t8-,9+;/m0./s1. The number of aromatic nitrogens is 2. The molecule has 19 heavy (non-hydrogen) atoms. The van der Waals surface area contributed by atoms with Gasteiger partial charge in [-0.15, -0.1) is 11.8 Å². The van der Waals surface area contributed by atoms with E-state index in [1.54, 1.807) is 6.92 Å². The van der Waals surface area contributed by atoms with Gasteiger partial charge in [-0.2, -0.15) is 4.98 Å². The SMILES string of the molecule is CC.CCC(=O)[C@@H]1O[C@H](n2ccc(N)nc2=O)CS1. The number of nitrogens with two attached hydrogens (primary N) is 1. The molecule has 0 aliphatic carbocycles. The molecule has 0 aromatic carbocycles. The first kappa shape index (κ1) is 15.7. The smallest absolute Gasteiger partial charge is 0.351 e. The van der Waals surface area contributed by atoms with Crippen LogP contribution in [-0.2, 0) is 9.53 Å². The molecule has 0 radical (unpaired) electrons. The number of nitrogen functional groups attached to an aromatic ring is 1. The average Bonchev–Trinajstić information content (AvgIpc) is 2.89. The molecule has 7 heteroatoms. The maximum absolute atomic E-state index is 11.6. The third-order valence-electron chi connectivity index (χ3n) is 2.44. The summed E-state index contributed by atoms with van der Waals surface area (Å²) in [6.45, 7) is 5.79. The molecule has 2 atom stereocenters. The summed E-state index contributed by atoms with van der Waals surface area (Å²) in [5.41, 5.74) is 4.46. The third kappa shape index (κ3) is 3.81. The number of rotatable bonds is 3. The zero-order valence-electron chi connectivity index (χ0n) is 11.3. The van der Waals surface area contributed by atoms with Crippen molar-refractivity contribution in [1.29, 1.82) is 0 Å². The van der Waals surface area contributed by atoms with Crippen molar-refractivity contribution in [2.75, 3.05) is 11.5 Å². The van der Waals surface area contributed by atoms with E-state index < -0.39 is 17.4 Å². The summed E-state index contributed by atoms with van der Waals surface area (Å²) < 4.78 is 6.87. The van der Waals surface area contributed by atoms with Gasteiger partial charge in [-0.05, 0) is 6.07 Å². The van der Waals surface area contributed by atoms with E-state index in [9.17, 15) is 9.59 Å². The molecule has 1 aromatic rings. The van der Waals surface area contributed by atoms with Crippen LogP contribution >= 0.6 is 11.8 Å². The normalized spacial score (nSPS) is 21.6. The largest absolute Gasteiger partial charge is 0.383 e. The molecule has 0 saturated carbocycles. The molecule has 1 fully saturated rings. The number of carbonyl (C=O) groups excluding carboxylic acids is 1. The van der Waals surface area contributed by atoms with Gasteiger partial charge in [-0.1, -0.05) is 20.8 Å². The van der Waals surface area contributed by atoms with E-state index in [1.807, 2.05) is 13.8 Å². The van der Waals surface area contributed by atoms with Crippen LogP contribution in [0.5, 0.6) is 0 Å². The fourth-order valence-corrected chi connectivity index (χ4v) is 2.66. The van der Waals surface area contributed by atoms with Gasteiger partial charge < -0.3 is 10.5 Å². The second-order valence-corrected chi connectivity index (χ2v) is 4.71. The summed E-state index contributed by atoms with van der Waals surface area (Å²) in [6, 6.07) is 1.53. The summed E-state index contributed by atoms with van der Waals surface area (Å²) in [4.78, 5) is 26.7. The minimum absolute atomic E-state index is 0.0361. The highest BCUT2D eigenvalue weighted by Crippen LogP contribution is 2.31. The van der Waals surface area contributed by atoms with E-state index in [2.05, 4.69) is 4.98 Å². The first-order valence-electron chi connectivity index (χ1n) is 6.26. The minimum atomic E-state index is -0.477. The van der Waals surface area contributed by atoms with Crippen molar-refractivity contribution in [2.24, 2.45) is 0 Å². The van der Waals surface area contributed by atoms with Gasteiger partial charge in [0.1, 0.15) is 12.0 Å². The van der Waals surface area contributed by atoms with Gasteiger partial charge in [0.25, 0.3) is 0 Å². The highest BCUT2D eigenvalue weighted by atomic mass is 32.2. The van der Waals surface area contributed by atoms with Crippen molar-refractivity contribution in [1.82, 2.24) is 9.55 Å². The lowest BCUT2D eigenvalue weighted by Crippen LogP contribution is -2.29. The number of ether oxygens (including phenoxy) is 1. The second-order valence-electron chi connectivity index (χ2n) is 3.62. The molecule has 106 valence electrons. The number of Topliss-reactive ketones (excluding diaryl/α,β-unsaturated/α-hetero) is 1. The lowest BCUT2D eigenvalue weighted by Gasteiger charge is -2.13. The molecule has 1 aliphatic heterocycles. The highest BCUT2D eigenvalue weighted by Gasteiger charge is 2.31. The van der Waals surface area contributed by atoms with E-state index in [1.165, 1.54) is 28.6 Å². The molecular weight excluding hydrogens is 266 g/mol. The molecular formula is C12H19N3O3S. The number of ketones is 1. The van der Waals surface area contributed by atoms with Crippen LogP contribution in [0.4, 0.5) is 5.82 Å². The van der Waals surface area contributed by atoms with Gasteiger partial charge >= 0.3 is 5.69 Å². The summed E-state index contributed by atoms with van der Waals surface area (Å²) in [5, 5.41) is 0. The molecule has 2 N–H and O–H groups in total. The maximum atomic E-state index is 11.6. The highest BCUT2D eigenvalue weighted by molar-refractivity contribution is 8.00. The van der Waals surface area contributed by atoms with Crippen LogP contribution in [0, 0.1) is 0 Å². The van der Waals surface area contributed by atoms with E-state index in [-0.39, 0.29) is 11.6 Å². The Balaban J connectivity index is 0.000000861. The molecule has 0 unspecified atom stereocenters. The fraction of sp³-hybridized carbons (Fsp3) is 0.583. The Bertz CT molecular complexity index is 489. The molecule has 1 aliphatic rings. The van der Waals surface area contributed by atoms with E-state index in [0.29, 0.717) is 12.2 Å². The number of hydrogen-bond acceptors (Lipinski definition) is 6. The predicted molar refractivity (Wildman–Crippen MR) is 75.9 cm³/mol. The molecule has 2 rings (SSSR count). The summed E-state index contributed by atoms with van der Waals surface area (Å²) >= 11 is 1.40. The summed E-state index contributed by atoms with van der Waals surface area (Å²) in [7, 11) is 0. The third-order valence-corrected chi connectivity index (χ3v) is 3.60. The summed E-state index contributed by atoms with van der Waals surface area (Å²) in [5.74, 6) is 0.772. The van der Waals surface area contributed by atoms with Crippen molar-refractivity contribution in [3.63, 3.8) is 0 Å². The van der Waals surface area contributed by atoms with Gasteiger partial charge in [-0.25, -0.2) is 4.79 Å². The Kier molecular flexibility index (Phi) is 6.04. The second kappa shape index (κ2) is 7.30. The van der Waals surface area contributed by atoms with E-state index >= 15 is 0 Å². The topological polar surface area (TPSA) is 87.2 Å². The van der Waals surface area contributed by atoms with Crippen LogP contribution in [0.15, 0.2) is 17.1 Å². The molecule has 0 spiro atoms. The maximum Gasteiger partial charge on any atom is 0.351 e. The van der Waals surface area contributed by atoms with Crippen LogP contribution < -0.4 is 11.4 Å². The quantitative estimate of drug-likeness (QED) is 0.903. The average molecular weight is 285 g/mol. The van der Waals surface area contributed by atoms with Crippen LogP contribution in [0.25, 0.3) is 0 Å². The van der Waals surface area contributed by atoms with Crippen molar-refractivity contribution in [2.45, 2.75) is 38.9 Å². The Morgan fingerprint density at radius 2 is 2.32 bits per heavy atom. The number of thioether (sulfide) groups is 1. The van der Waals surface area contributed by atoms with Crippen LogP contribution in [0.1, 0.15) is 33.4 Å². The van der Waals surface area contributed by atoms with Crippen molar-refractivity contribution in [3.8, 4) is 0 Å². The Hall–Kier alpha value is -1.34. The molecule has 1 aromatic heterocycles. The number of anilines is 1. The molecule has 0 bridgehead atoms. The molecule has 2 heterocycles. The van der Waals surface area contributed by atoms with Gasteiger partial charge in [0.2, 0.25) is 0 Å².